The Morgan fingerprint density at radius 3 is 2.38 bits per heavy atom. The van der Waals surface area contributed by atoms with E-state index >= 15 is 0 Å². The Morgan fingerprint density at radius 1 is 1.19 bits per heavy atom. The van der Waals surface area contributed by atoms with Gasteiger partial charge in [0.1, 0.15) is 5.75 Å². The molecule has 0 amide bonds. The number of benzene rings is 1. The predicted molar refractivity (Wildman–Crippen MR) is 57.6 cm³/mol. The maximum atomic E-state index is 12.1. The van der Waals surface area contributed by atoms with Gasteiger partial charge in [-0.15, -0.1) is 0 Å². The van der Waals surface area contributed by atoms with Crippen LogP contribution in [0.2, 0.25) is 0 Å². The Hall–Kier alpha value is -1.39. The number of carbonyl (C=O) groups is 1. The van der Waals surface area contributed by atoms with E-state index in [4.69, 9.17) is 14.2 Å². The summed E-state index contributed by atoms with van der Waals surface area (Å²) < 4.78 is 15.6. The molecule has 0 aromatic heterocycles. The van der Waals surface area contributed by atoms with Gasteiger partial charge in [0.05, 0.1) is 5.56 Å². The third kappa shape index (κ3) is 1.34. The lowest BCUT2D eigenvalue weighted by Gasteiger charge is -2.22. The lowest BCUT2D eigenvalue weighted by molar-refractivity contribution is -0.275. The lowest BCUT2D eigenvalue weighted by atomic mass is 10.0. The number of hydrogen-bond acceptors (Lipinski definition) is 4. The Bertz CT molecular complexity index is 447. The van der Waals surface area contributed by atoms with Gasteiger partial charge in [0.25, 0.3) is 5.78 Å². The summed E-state index contributed by atoms with van der Waals surface area (Å²) in [4.78, 5) is 12.1. The molecule has 4 nitrogen and oxygen atoms in total. The molecular weight excluding hydrogens is 208 g/mol. The lowest BCUT2D eigenvalue weighted by Crippen LogP contribution is -2.44. The minimum absolute atomic E-state index is 0.287. The van der Waals surface area contributed by atoms with Gasteiger partial charge in [-0.2, -0.15) is 0 Å². The van der Waals surface area contributed by atoms with Gasteiger partial charge in [-0.1, -0.05) is 6.07 Å². The Balaban J connectivity index is 2.58. The van der Waals surface area contributed by atoms with Crippen LogP contribution >= 0.6 is 0 Å². The molecule has 2 rings (SSSR count). The average Bonchev–Trinajstić information content (AvgIpc) is 2.52. The second kappa shape index (κ2) is 3.57. The van der Waals surface area contributed by atoms with Crippen LogP contribution in [0.1, 0.15) is 21.5 Å². The second-order valence-corrected chi connectivity index (χ2v) is 3.85. The van der Waals surface area contributed by atoms with Gasteiger partial charge in [0.2, 0.25) is 0 Å². The van der Waals surface area contributed by atoms with Crippen LogP contribution in [-0.4, -0.2) is 26.0 Å². The van der Waals surface area contributed by atoms with Crippen LogP contribution in [0.3, 0.4) is 0 Å². The molecule has 0 radical (unpaired) electrons. The van der Waals surface area contributed by atoms with Crippen LogP contribution in [0.15, 0.2) is 12.1 Å². The van der Waals surface area contributed by atoms with Crippen LogP contribution in [0, 0.1) is 13.8 Å². The summed E-state index contributed by atoms with van der Waals surface area (Å²) in [6.07, 6.45) is 0. The van der Waals surface area contributed by atoms with Gasteiger partial charge in [-0.05, 0) is 31.0 Å². The predicted octanol–water partition coefficient (Wildman–Crippen LogP) is 1.83. The van der Waals surface area contributed by atoms with E-state index in [-0.39, 0.29) is 5.78 Å². The first-order valence-electron chi connectivity index (χ1n) is 4.99. The van der Waals surface area contributed by atoms with Gasteiger partial charge in [0.15, 0.2) is 0 Å². The fraction of sp³-hybridized carbons (Fsp3) is 0.417. The van der Waals surface area contributed by atoms with Crippen molar-refractivity contribution in [3.05, 3.63) is 28.8 Å². The van der Waals surface area contributed by atoms with Crippen molar-refractivity contribution in [2.45, 2.75) is 19.8 Å². The highest BCUT2D eigenvalue weighted by molar-refractivity contribution is 6.06. The van der Waals surface area contributed by atoms with E-state index in [0.717, 1.165) is 11.1 Å². The molecule has 1 aliphatic heterocycles. The van der Waals surface area contributed by atoms with E-state index in [1.807, 2.05) is 19.9 Å². The largest absolute Gasteiger partial charge is 0.432 e. The minimum Gasteiger partial charge on any atom is -0.432 e. The molecule has 1 aromatic carbocycles. The molecule has 0 spiro atoms. The standard InChI is InChI=1S/C12H14O4/c1-7-5-8(2)10-9(6-7)16-12(14-3,15-4)11(10)13/h5-6H,1-4H3. The summed E-state index contributed by atoms with van der Waals surface area (Å²) in [5, 5.41) is 0. The molecule has 0 fully saturated rings. The number of rotatable bonds is 2. The number of Topliss-reactive ketones (excluding diaryl/α,β-unsaturated/α-hetero) is 1. The van der Waals surface area contributed by atoms with Crippen molar-refractivity contribution >= 4 is 5.78 Å². The van der Waals surface area contributed by atoms with Crippen LogP contribution < -0.4 is 4.74 Å². The molecule has 1 aromatic rings. The van der Waals surface area contributed by atoms with Crippen molar-refractivity contribution in [3.8, 4) is 5.75 Å². The number of ether oxygens (including phenoxy) is 3. The van der Waals surface area contributed by atoms with Crippen molar-refractivity contribution < 1.29 is 19.0 Å². The van der Waals surface area contributed by atoms with Gasteiger partial charge >= 0.3 is 5.97 Å². The topological polar surface area (TPSA) is 44.8 Å². The number of fused-ring (bicyclic) bond motifs is 1. The summed E-state index contributed by atoms with van der Waals surface area (Å²) in [6.45, 7) is 3.81. The fourth-order valence-corrected chi connectivity index (χ4v) is 2.00. The molecule has 1 heterocycles. The molecule has 0 bridgehead atoms. The quantitative estimate of drug-likeness (QED) is 0.716. The smallest absolute Gasteiger partial charge is 0.395 e. The highest BCUT2D eigenvalue weighted by Gasteiger charge is 2.50. The van der Waals surface area contributed by atoms with Crippen LogP contribution in [0.5, 0.6) is 5.75 Å². The summed E-state index contributed by atoms with van der Waals surface area (Å²) >= 11 is 0. The first-order chi connectivity index (χ1) is 7.54. The van der Waals surface area contributed by atoms with Gasteiger partial charge < -0.3 is 14.2 Å². The molecule has 4 heteroatoms. The SMILES string of the molecule is COC1(OC)Oc2cc(C)cc(C)c2C1=O. The van der Waals surface area contributed by atoms with E-state index in [2.05, 4.69) is 0 Å². The van der Waals surface area contributed by atoms with Crippen molar-refractivity contribution in [1.29, 1.82) is 0 Å². The Kier molecular flexibility index (Phi) is 2.48. The molecular formula is C12H14O4. The van der Waals surface area contributed by atoms with Crippen LogP contribution in [0.4, 0.5) is 0 Å². The average molecular weight is 222 g/mol. The van der Waals surface area contributed by atoms with E-state index in [1.165, 1.54) is 14.2 Å². The number of hydrogen-bond donors (Lipinski definition) is 0. The van der Waals surface area contributed by atoms with Crippen molar-refractivity contribution in [2.75, 3.05) is 14.2 Å². The molecule has 0 N–H and O–H groups in total. The molecule has 0 unspecified atom stereocenters. The summed E-state index contributed by atoms with van der Waals surface area (Å²) in [6, 6.07) is 3.74. The first-order valence-corrected chi connectivity index (χ1v) is 4.99. The monoisotopic (exact) mass is 222 g/mol. The Morgan fingerprint density at radius 2 is 1.81 bits per heavy atom. The normalized spacial score (nSPS) is 17.1. The Labute approximate surface area is 94.1 Å². The zero-order valence-electron chi connectivity index (χ0n) is 9.79. The molecule has 0 saturated carbocycles. The third-order valence-corrected chi connectivity index (χ3v) is 2.73. The number of ketones is 1. The van der Waals surface area contributed by atoms with Crippen LogP contribution in [0.25, 0.3) is 0 Å². The number of carbonyl (C=O) groups excluding carboxylic acids is 1. The van der Waals surface area contributed by atoms with Gasteiger partial charge in [-0.25, -0.2) is 0 Å². The molecule has 0 saturated heterocycles. The number of methoxy groups -OCH3 is 2. The molecule has 0 atom stereocenters. The molecule has 1 aliphatic rings. The maximum absolute atomic E-state index is 12.1. The van der Waals surface area contributed by atoms with E-state index in [1.54, 1.807) is 6.07 Å². The highest BCUT2D eigenvalue weighted by Crippen LogP contribution is 2.38. The fourth-order valence-electron chi connectivity index (χ4n) is 2.00. The van der Waals surface area contributed by atoms with E-state index in [0.29, 0.717) is 11.3 Å². The maximum Gasteiger partial charge on any atom is 0.395 e. The molecule has 86 valence electrons. The van der Waals surface area contributed by atoms with Crippen molar-refractivity contribution in [1.82, 2.24) is 0 Å². The van der Waals surface area contributed by atoms with Crippen LogP contribution in [-0.2, 0) is 9.47 Å². The van der Waals surface area contributed by atoms with Gasteiger partial charge in [0, 0.05) is 14.2 Å². The minimum atomic E-state index is -1.61. The number of aryl methyl sites for hydroxylation is 2. The summed E-state index contributed by atoms with van der Waals surface area (Å²) in [7, 11) is 2.77. The first kappa shape index (κ1) is 11.1. The highest BCUT2D eigenvalue weighted by atomic mass is 16.9. The van der Waals surface area contributed by atoms with Crippen molar-refractivity contribution in [3.63, 3.8) is 0 Å². The van der Waals surface area contributed by atoms with Crippen molar-refractivity contribution in [2.24, 2.45) is 0 Å². The van der Waals surface area contributed by atoms with E-state index < -0.39 is 5.97 Å². The second-order valence-electron chi connectivity index (χ2n) is 3.85. The van der Waals surface area contributed by atoms with Gasteiger partial charge in [-0.3, -0.25) is 4.79 Å². The summed E-state index contributed by atoms with van der Waals surface area (Å²) in [5.74, 6) is -1.38. The third-order valence-electron chi connectivity index (χ3n) is 2.73. The van der Waals surface area contributed by atoms with E-state index in [9.17, 15) is 4.79 Å². The molecule has 0 aliphatic carbocycles. The molecule has 16 heavy (non-hydrogen) atoms. The summed E-state index contributed by atoms with van der Waals surface area (Å²) in [5.41, 5.74) is 2.44. The zero-order chi connectivity index (χ0) is 11.9. The zero-order valence-corrected chi connectivity index (χ0v) is 9.79.